The number of rotatable bonds is 4. The summed E-state index contributed by atoms with van der Waals surface area (Å²) in [5.41, 5.74) is 7.96. The Morgan fingerprint density at radius 2 is 1.80 bits per heavy atom. The van der Waals surface area contributed by atoms with Crippen molar-refractivity contribution in [2.45, 2.75) is 13.5 Å². The fourth-order valence-electron chi connectivity index (χ4n) is 1.98. The van der Waals surface area contributed by atoms with Crippen LogP contribution in [0.3, 0.4) is 0 Å². The lowest BCUT2D eigenvalue weighted by Crippen LogP contribution is -2.30. The van der Waals surface area contributed by atoms with Crippen LogP contribution in [0.1, 0.15) is 22.8 Å². The number of hydrogen-bond acceptors (Lipinski definition) is 2. The Bertz CT molecular complexity index is 596. The van der Waals surface area contributed by atoms with Gasteiger partial charge in [0.1, 0.15) is 0 Å². The molecule has 2 aromatic rings. The van der Waals surface area contributed by atoms with Crippen LogP contribution in [-0.2, 0) is 6.54 Å². The van der Waals surface area contributed by atoms with Crippen LogP contribution in [0.4, 0.5) is 5.69 Å². The van der Waals surface area contributed by atoms with Crippen LogP contribution in [0.2, 0.25) is 5.02 Å². The summed E-state index contributed by atoms with van der Waals surface area (Å²) in [4.78, 5) is 14.2. The SMILES string of the molecule is CCN(Cc1ccc(N)cc1)C(=O)c1ccccc1Cl. The third-order valence-electron chi connectivity index (χ3n) is 3.13. The molecule has 0 aliphatic heterocycles. The van der Waals surface area contributed by atoms with Gasteiger partial charge < -0.3 is 10.6 Å². The van der Waals surface area contributed by atoms with Crippen molar-refractivity contribution in [3.63, 3.8) is 0 Å². The predicted octanol–water partition coefficient (Wildman–Crippen LogP) is 3.58. The van der Waals surface area contributed by atoms with E-state index in [1.807, 2.05) is 43.3 Å². The lowest BCUT2D eigenvalue weighted by atomic mass is 10.1. The molecule has 0 saturated heterocycles. The fraction of sp³-hybridized carbons (Fsp3) is 0.188. The summed E-state index contributed by atoms with van der Waals surface area (Å²) in [7, 11) is 0. The topological polar surface area (TPSA) is 46.3 Å². The summed E-state index contributed by atoms with van der Waals surface area (Å²) < 4.78 is 0. The minimum Gasteiger partial charge on any atom is -0.399 e. The second-order valence-corrected chi connectivity index (χ2v) is 4.95. The highest BCUT2D eigenvalue weighted by molar-refractivity contribution is 6.33. The highest BCUT2D eigenvalue weighted by Gasteiger charge is 2.16. The summed E-state index contributed by atoms with van der Waals surface area (Å²) in [6, 6.07) is 14.6. The van der Waals surface area contributed by atoms with Gasteiger partial charge in [0.2, 0.25) is 0 Å². The average molecular weight is 289 g/mol. The molecule has 3 nitrogen and oxygen atoms in total. The van der Waals surface area contributed by atoms with Gasteiger partial charge in [0.05, 0.1) is 10.6 Å². The minimum atomic E-state index is -0.0603. The number of carbonyl (C=O) groups is 1. The van der Waals surface area contributed by atoms with Crippen molar-refractivity contribution < 1.29 is 4.79 Å². The van der Waals surface area contributed by atoms with Gasteiger partial charge in [-0.05, 0) is 36.8 Å². The van der Waals surface area contributed by atoms with Crippen molar-refractivity contribution in [1.29, 1.82) is 0 Å². The lowest BCUT2D eigenvalue weighted by molar-refractivity contribution is 0.0753. The highest BCUT2D eigenvalue weighted by atomic mass is 35.5. The zero-order valence-electron chi connectivity index (χ0n) is 11.3. The maximum Gasteiger partial charge on any atom is 0.255 e. The maximum absolute atomic E-state index is 12.5. The average Bonchev–Trinajstić information content (AvgIpc) is 2.46. The number of anilines is 1. The zero-order chi connectivity index (χ0) is 14.5. The first-order chi connectivity index (χ1) is 9.61. The minimum absolute atomic E-state index is 0.0603. The quantitative estimate of drug-likeness (QED) is 0.874. The number of hydrogen-bond donors (Lipinski definition) is 1. The summed E-state index contributed by atoms with van der Waals surface area (Å²) >= 11 is 6.08. The number of nitrogens with zero attached hydrogens (tertiary/aromatic N) is 1. The number of nitrogen functional groups attached to an aromatic ring is 1. The van der Waals surface area contributed by atoms with E-state index in [4.69, 9.17) is 17.3 Å². The Kier molecular flexibility index (Phi) is 4.64. The summed E-state index contributed by atoms with van der Waals surface area (Å²) in [5.74, 6) is -0.0603. The van der Waals surface area contributed by atoms with E-state index in [9.17, 15) is 4.79 Å². The molecule has 0 spiro atoms. The van der Waals surface area contributed by atoms with Crippen LogP contribution in [0, 0.1) is 0 Å². The van der Waals surface area contributed by atoms with Crippen molar-refractivity contribution in [1.82, 2.24) is 4.90 Å². The normalized spacial score (nSPS) is 10.3. The molecule has 0 fully saturated rings. The van der Waals surface area contributed by atoms with Crippen molar-refractivity contribution in [2.75, 3.05) is 12.3 Å². The number of amides is 1. The molecule has 0 atom stereocenters. The molecule has 0 saturated carbocycles. The molecular formula is C16H17ClN2O. The smallest absolute Gasteiger partial charge is 0.255 e. The molecule has 20 heavy (non-hydrogen) atoms. The van der Waals surface area contributed by atoms with Crippen LogP contribution in [-0.4, -0.2) is 17.4 Å². The molecular weight excluding hydrogens is 272 g/mol. The van der Waals surface area contributed by atoms with Gasteiger partial charge in [0, 0.05) is 18.8 Å². The van der Waals surface area contributed by atoms with E-state index in [1.54, 1.807) is 17.0 Å². The van der Waals surface area contributed by atoms with Crippen LogP contribution < -0.4 is 5.73 Å². The maximum atomic E-state index is 12.5. The summed E-state index contributed by atoms with van der Waals surface area (Å²) in [5, 5.41) is 0.480. The van der Waals surface area contributed by atoms with E-state index in [2.05, 4.69) is 0 Å². The van der Waals surface area contributed by atoms with Crippen molar-refractivity contribution in [2.24, 2.45) is 0 Å². The molecule has 0 bridgehead atoms. The molecule has 104 valence electrons. The van der Waals surface area contributed by atoms with Gasteiger partial charge >= 0.3 is 0 Å². The van der Waals surface area contributed by atoms with E-state index in [-0.39, 0.29) is 5.91 Å². The monoisotopic (exact) mass is 288 g/mol. The molecule has 2 aromatic carbocycles. The molecule has 4 heteroatoms. The molecule has 0 heterocycles. The van der Waals surface area contributed by atoms with Gasteiger partial charge in [-0.15, -0.1) is 0 Å². The first-order valence-electron chi connectivity index (χ1n) is 6.50. The number of halogens is 1. The van der Waals surface area contributed by atoms with E-state index in [1.165, 1.54) is 0 Å². The molecule has 0 radical (unpaired) electrons. The van der Waals surface area contributed by atoms with Gasteiger partial charge in [-0.1, -0.05) is 35.9 Å². The second-order valence-electron chi connectivity index (χ2n) is 4.54. The van der Waals surface area contributed by atoms with Crippen molar-refractivity contribution >= 4 is 23.2 Å². The van der Waals surface area contributed by atoms with Crippen LogP contribution in [0.25, 0.3) is 0 Å². The highest BCUT2D eigenvalue weighted by Crippen LogP contribution is 2.18. The molecule has 2 rings (SSSR count). The molecule has 1 amide bonds. The van der Waals surface area contributed by atoms with Gasteiger partial charge in [0.25, 0.3) is 5.91 Å². The third-order valence-corrected chi connectivity index (χ3v) is 3.46. The van der Waals surface area contributed by atoms with E-state index >= 15 is 0 Å². The van der Waals surface area contributed by atoms with E-state index in [0.717, 1.165) is 5.56 Å². The first kappa shape index (κ1) is 14.4. The largest absolute Gasteiger partial charge is 0.399 e. The molecule has 0 aliphatic carbocycles. The summed E-state index contributed by atoms with van der Waals surface area (Å²) in [6.45, 7) is 3.11. The first-order valence-corrected chi connectivity index (χ1v) is 6.88. The Hall–Kier alpha value is -2.00. The molecule has 2 N–H and O–H groups in total. The molecule has 0 aliphatic rings. The van der Waals surface area contributed by atoms with Crippen LogP contribution >= 0.6 is 11.6 Å². The van der Waals surface area contributed by atoms with Crippen LogP contribution in [0.5, 0.6) is 0 Å². The van der Waals surface area contributed by atoms with Gasteiger partial charge in [0.15, 0.2) is 0 Å². The standard InChI is InChI=1S/C16H17ClN2O/c1-2-19(11-12-7-9-13(18)10-8-12)16(20)14-5-3-4-6-15(14)17/h3-10H,2,11,18H2,1H3. The second kappa shape index (κ2) is 6.44. The Labute approximate surface area is 124 Å². The summed E-state index contributed by atoms with van der Waals surface area (Å²) in [6.07, 6.45) is 0. The van der Waals surface area contributed by atoms with Crippen molar-refractivity contribution in [3.05, 3.63) is 64.7 Å². The molecule has 0 aromatic heterocycles. The number of nitrogens with two attached hydrogens (primary N) is 1. The predicted molar refractivity (Wildman–Crippen MR) is 82.7 cm³/mol. The Morgan fingerprint density at radius 3 is 2.40 bits per heavy atom. The van der Waals surface area contributed by atoms with Crippen molar-refractivity contribution in [3.8, 4) is 0 Å². The Balaban J connectivity index is 2.18. The van der Waals surface area contributed by atoms with Gasteiger partial charge in [-0.2, -0.15) is 0 Å². The Morgan fingerprint density at radius 1 is 1.15 bits per heavy atom. The van der Waals surface area contributed by atoms with Gasteiger partial charge in [-0.3, -0.25) is 4.79 Å². The third kappa shape index (κ3) is 3.31. The molecule has 0 unspecified atom stereocenters. The fourth-order valence-corrected chi connectivity index (χ4v) is 2.19. The van der Waals surface area contributed by atoms with E-state index in [0.29, 0.717) is 29.4 Å². The van der Waals surface area contributed by atoms with Gasteiger partial charge in [-0.25, -0.2) is 0 Å². The van der Waals surface area contributed by atoms with Crippen LogP contribution in [0.15, 0.2) is 48.5 Å². The van der Waals surface area contributed by atoms with E-state index < -0.39 is 0 Å². The zero-order valence-corrected chi connectivity index (χ0v) is 12.1. The number of carbonyl (C=O) groups excluding carboxylic acids is 1. The number of benzene rings is 2. The lowest BCUT2D eigenvalue weighted by Gasteiger charge is -2.21.